The van der Waals surface area contributed by atoms with Gasteiger partial charge in [-0.05, 0) is 69.2 Å². The molecule has 0 saturated carbocycles. The summed E-state index contributed by atoms with van der Waals surface area (Å²) in [6.07, 6.45) is 2.52. The minimum Gasteiger partial charge on any atom is -0.489 e. The molecular weight excluding hydrogens is 395 g/mol. The lowest BCUT2D eigenvalue weighted by Crippen LogP contribution is -2.35. The van der Waals surface area contributed by atoms with E-state index in [2.05, 4.69) is 5.32 Å². The molecule has 0 atom stereocenters. The predicted molar refractivity (Wildman–Crippen MR) is 109 cm³/mol. The number of halogens is 1. The zero-order chi connectivity index (χ0) is 21.0. The average molecular weight is 421 g/mol. The number of amides is 1. The van der Waals surface area contributed by atoms with E-state index in [9.17, 15) is 17.6 Å². The third-order valence-corrected chi connectivity index (χ3v) is 6.52. The molecule has 3 rings (SSSR count). The molecule has 1 amide bonds. The summed E-state index contributed by atoms with van der Waals surface area (Å²) in [5, 5.41) is 2.70. The predicted octanol–water partition coefficient (Wildman–Crippen LogP) is 4.04. The van der Waals surface area contributed by atoms with Gasteiger partial charge in [0, 0.05) is 18.7 Å². The van der Waals surface area contributed by atoms with E-state index >= 15 is 0 Å². The molecule has 0 unspecified atom stereocenters. The Morgan fingerprint density at radius 2 is 1.72 bits per heavy atom. The van der Waals surface area contributed by atoms with Gasteiger partial charge in [0.15, 0.2) is 0 Å². The van der Waals surface area contributed by atoms with Gasteiger partial charge < -0.3 is 10.1 Å². The lowest BCUT2D eigenvalue weighted by atomic mass is 10.2. The Bertz CT molecular complexity index is 969. The number of hydrogen-bond donors (Lipinski definition) is 1. The third-order valence-electron chi connectivity index (χ3n) is 4.62. The molecule has 0 radical (unpaired) electrons. The number of hydrogen-bond acceptors (Lipinski definition) is 4. The Balaban J connectivity index is 1.93. The van der Waals surface area contributed by atoms with E-state index in [-0.39, 0.29) is 22.3 Å². The van der Waals surface area contributed by atoms with Gasteiger partial charge in [-0.1, -0.05) is 6.42 Å². The lowest BCUT2D eigenvalue weighted by molar-refractivity contribution is 0.102. The molecular formula is C21H25FN2O4S. The highest BCUT2D eigenvalue weighted by atomic mass is 32.2. The zero-order valence-electron chi connectivity index (χ0n) is 16.5. The average Bonchev–Trinajstić information content (AvgIpc) is 2.70. The number of nitrogens with zero attached hydrogens (tertiary/aromatic N) is 1. The molecule has 156 valence electrons. The second-order valence-electron chi connectivity index (χ2n) is 7.25. The Hall–Kier alpha value is -2.45. The largest absolute Gasteiger partial charge is 0.489 e. The molecule has 0 bridgehead atoms. The van der Waals surface area contributed by atoms with Crippen LogP contribution >= 0.6 is 0 Å². The van der Waals surface area contributed by atoms with Crippen LogP contribution in [0.15, 0.2) is 47.4 Å². The second kappa shape index (κ2) is 8.92. The second-order valence-corrected chi connectivity index (χ2v) is 9.19. The smallest absolute Gasteiger partial charge is 0.255 e. The summed E-state index contributed by atoms with van der Waals surface area (Å²) in [6.45, 7) is 4.65. The molecule has 0 aliphatic carbocycles. The van der Waals surface area contributed by atoms with Crippen molar-refractivity contribution >= 4 is 21.6 Å². The molecule has 1 aliphatic rings. The van der Waals surface area contributed by atoms with Gasteiger partial charge in [-0.25, -0.2) is 12.8 Å². The lowest BCUT2D eigenvalue weighted by Gasteiger charge is -2.26. The number of sulfonamides is 1. The van der Waals surface area contributed by atoms with Crippen molar-refractivity contribution in [3.63, 3.8) is 0 Å². The molecule has 2 aromatic carbocycles. The van der Waals surface area contributed by atoms with Crippen molar-refractivity contribution < 1.29 is 22.3 Å². The number of benzene rings is 2. The number of rotatable bonds is 6. The van der Waals surface area contributed by atoms with Gasteiger partial charge in [0.1, 0.15) is 11.6 Å². The fourth-order valence-electron chi connectivity index (χ4n) is 3.17. The number of carbonyl (C=O) groups excluding carboxylic acids is 1. The molecule has 0 aromatic heterocycles. The Labute approximate surface area is 170 Å². The first-order valence-corrected chi connectivity index (χ1v) is 11.1. The van der Waals surface area contributed by atoms with Crippen molar-refractivity contribution in [3.8, 4) is 5.75 Å². The maximum atomic E-state index is 13.1. The molecule has 6 nitrogen and oxygen atoms in total. The minimum absolute atomic E-state index is 0.102. The first-order valence-electron chi connectivity index (χ1n) is 9.65. The van der Waals surface area contributed by atoms with Gasteiger partial charge in [-0.3, -0.25) is 4.79 Å². The number of nitrogens with one attached hydrogen (secondary N) is 1. The Morgan fingerprint density at radius 3 is 2.34 bits per heavy atom. The maximum Gasteiger partial charge on any atom is 0.255 e. The van der Waals surface area contributed by atoms with Gasteiger partial charge in [-0.2, -0.15) is 4.31 Å². The Morgan fingerprint density at radius 1 is 1.07 bits per heavy atom. The quantitative estimate of drug-likeness (QED) is 0.765. The van der Waals surface area contributed by atoms with Crippen molar-refractivity contribution in [2.24, 2.45) is 0 Å². The van der Waals surface area contributed by atoms with E-state index in [1.807, 2.05) is 13.8 Å². The Kier molecular flexibility index (Phi) is 6.54. The summed E-state index contributed by atoms with van der Waals surface area (Å²) in [4.78, 5) is 12.7. The van der Waals surface area contributed by atoms with E-state index < -0.39 is 21.7 Å². The minimum atomic E-state index is -3.66. The molecule has 1 aliphatic heterocycles. The van der Waals surface area contributed by atoms with Crippen molar-refractivity contribution in [1.82, 2.24) is 4.31 Å². The monoisotopic (exact) mass is 420 g/mol. The van der Waals surface area contributed by atoms with Gasteiger partial charge in [0.2, 0.25) is 10.0 Å². The van der Waals surface area contributed by atoms with Crippen LogP contribution in [-0.4, -0.2) is 37.8 Å². The van der Waals surface area contributed by atoms with Crippen molar-refractivity contribution in [1.29, 1.82) is 0 Å². The van der Waals surface area contributed by atoms with E-state index in [0.717, 1.165) is 19.3 Å². The molecule has 2 aromatic rings. The van der Waals surface area contributed by atoms with E-state index in [4.69, 9.17) is 4.74 Å². The van der Waals surface area contributed by atoms with Crippen LogP contribution in [0.2, 0.25) is 0 Å². The molecule has 1 fully saturated rings. The van der Waals surface area contributed by atoms with E-state index in [1.54, 1.807) is 6.07 Å². The highest BCUT2D eigenvalue weighted by Gasteiger charge is 2.27. The van der Waals surface area contributed by atoms with Gasteiger partial charge in [0.25, 0.3) is 5.91 Å². The van der Waals surface area contributed by atoms with Crippen LogP contribution in [0.1, 0.15) is 43.5 Å². The molecule has 8 heteroatoms. The van der Waals surface area contributed by atoms with E-state index in [0.29, 0.717) is 18.8 Å². The first-order chi connectivity index (χ1) is 13.8. The van der Waals surface area contributed by atoms with Crippen LogP contribution in [-0.2, 0) is 10.0 Å². The molecule has 1 heterocycles. The van der Waals surface area contributed by atoms with Crippen LogP contribution in [0.5, 0.6) is 5.75 Å². The van der Waals surface area contributed by atoms with Crippen LogP contribution < -0.4 is 10.1 Å². The zero-order valence-corrected chi connectivity index (χ0v) is 17.3. The van der Waals surface area contributed by atoms with Crippen molar-refractivity contribution in [2.45, 2.75) is 44.1 Å². The summed E-state index contributed by atoms with van der Waals surface area (Å²) in [6, 6.07) is 9.58. The van der Waals surface area contributed by atoms with Gasteiger partial charge >= 0.3 is 0 Å². The number of piperidine rings is 1. The summed E-state index contributed by atoms with van der Waals surface area (Å²) in [5.74, 6) is -0.556. The fraction of sp³-hybridized carbons (Fsp3) is 0.381. The van der Waals surface area contributed by atoms with Crippen molar-refractivity contribution in [2.75, 3.05) is 18.4 Å². The summed E-state index contributed by atoms with van der Waals surface area (Å²) in [7, 11) is -3.66. The SMILES string of the molecule is CC(C)Oc1ccc(S(=O)(=O)N2CCCCC2)cc1NC(=O)c1ccc(F)cc1. The van der Waals surface area contributed by atoms with E-state index in [1.165, 1.54) is 40.7 Å². The topological polar surface area (TPSA) is 75.7 Å². The highest BCUT2D eigenvalue weighted by molar-refractivity contribution is 7.89. The van der Waals surface area contributed by atoms with Gasteiger partial charge in [0.05, 0.1) is 16.7 Å². The normalized spacial score (nSPS) is 15.3. The standard InChI is InChI=1S/C21H25FN2O4S/c1-15(2)28-20-11-10-18(29(26,27)24-12-4-3-5-13-24)14-19(20)23-21(25)16-6-8-17(22)9-7-16/h6-11,14-15H,3-5,12-13H2,1-2H3,(H,23,25). The molecule has 1 N–H and O–H groups in total. The summed E-state index contributed by atoms with van der Waals surface area (Å²) >= 11 is 0. The van der Waals surface area contributed by atoms with Gasteiger partial charge in [-0.15, -0.1) is 0 Å². The maximum absolute atomic E-state index is 13.1. The summed E-state index contributed by atoms with van der Waals surface area (Å²) in [5.41, 5.74) is 0.511. The summed E-state index contributed by atoms with van der Waals surface area (Å²) < 4.78 is 46.3. The fourth-order valence-corrected chi connectivity index (χ4v) is 4.72. The number of ether oxygens (including phenoxy) is 1. The van der Waals surface area contributed by atoms with Crippen LogP contribution in [0.25, 0.3) is 0 Å². The highest BCUT2D eigenvalue weighted by Crippen LogP contribution is 2.31. The van der Waals surface area contributed by atoms with Crippen LogP contribution in [0, 0.1) is 5.82 Å². The first kappa shape index (κ1) is 21.3. The van der Waals surface area contributed by atoms with Crippen molar-refractivity contribution in [3.05, 3.63) is 53.8 Å². The van der Waals surface area contributed by atoms with Crippen LogP contribution in [0.4, 0.5) is 10.1 Å². The molecule has 29 heavy (non-hydrogen) atoms. The number of anilines is 1. The number of carbonyl (C=O) groups is 1. The van der Waals surface area contributed by atoms with Crippen LogP contribution in [0.3, 0.4) is 0 Å². The third kappa shape index (κ3) is 5.13. The molecule has 0 spiro atoms. The molecule has 1 saturated heterocycles.